The quantitative estimate of drug-likeness (QED) is 0.162. The Kier molecular flexibility index (Phi) is 5.95. The third-order valence-corrected chi connectivity index (χ3v) is 7.22. The van der Waals surface area contributed by atoms with Crippen LogP contribution in [0.1, 0.15) is 21.7 Å². The number of rotatable bonds is 5. The molecule has 0 aliphatic heterocycles. The fourth-order valence-electron chi connectivity index (χ4n) is 4.53. The second kappa shape index (κ2) is 9.41. The van der Waals surface area contributed by atoms with Gasteiger partial charge in [-0.05, 0) is 56.5 Å². The van der Waals surface area contributed by atoms with Gasteiger partial charge in [0.1, 0.15) is 5.58 Å². The molecule has 2 heterocycles. The Labute approximate surface area is 223 Å². The van der Waals surface area contributed by atoms with Gasteiger partial charge in [0.15, 0.2) is 5.76 Å². The molecule has 176 valence electrons. The Morgan fingerprint density at radius 2 is 1.69 bits per heavy atom. The van der Waals surface area contributed by atoms with Crippen LogP contribution in [0.25, 0.3) is 32.6 Å². The highest BCUT2D eigenvalue weighted by atomic mass is 79.9. The Hall–Kier alpha value is -3.68. The van der Waals surface area contributed by atoms with E-state index in [1.165, 1.54) is 16.3 Å². The monoisotopic (exact) mass is 599 g/mol. The summed E-state index contributed by atoms with van der Waals surface area (Å²) in [6, 6.07) is 28.5. The lowest BCUT2D eigenvalue weighted by atomic mass is 10.0. The van der Waals surface area contributed by atoms with E-state index in [0.717, 1.165) is 37.3 Å². The number of para-hydroxylation sites is 1. The summed E-state index contributed by atoms with van der Waals surface area (Å²) in [5.74, 6) is -0.218. The number of furan rings is 1. The summed E-state index contributed by atoms with van der Waals surface area (Å²) in [5, 5.41) is 8.58. The van der Waals surface area contributed by atoms with Gasteiger partial charge in [-0.3, -0.25) is 4.79 Å². The molecular weight excluding hydrogens is 582 g/mol. The van der Waals surface area contributed by atoms with E-state index < -0.39 is 5.91 Å². The van der Waals surface area contributed by atoms with Crippen LogP contribution in [0.5, 0.6) is 0 Å². The third-order valence-electron chi connectivity index (χ3n) is 6.17. The molecule has 6 aromatic rings. The molecule has 0 aliphatic carbocycles. The number of nitrogens with one attached hydrogen (secondary N) is 1. The van der Waals surface area contributed by atoms with Gasteiger partial charge in [-0.1, -0.05) is 76.6 Å². The molecule has 5 nitrogen and oxygen atoms in total. The molecule has 0 fully saturated rings. The number of hydrogen-bond acceptors (Lipinski definition) is 3. The summed E-state index contributed by atoms with van der Waals surface area (Å²) < 4.78 is 9.62. The predicted octanol–water partition coefficient (Wildman–Crippen LogP) is 7.88. The summed E-state index contributed by atoms with van der Waals surface area (Å²) in [7, 11) is 0. The Balaban J connectivity index is 1.27. The van der Waals surface area contributed by atoms with Gasteiger partial charge in [0.2, 0.25) is 0 Å². The van der Waals surface area contributed by atoms with Crippen molar-refractivity contribution in [1.29, 1.82) is 0 Å². The first-order valence-electron chi connectivity index (χ1n) is 11.3. The van der Waals surface area contributed by atoms with Crippen molar-refractivity contribution in [2.75, 3.05) is 0 Å². The molecule has 0 radical (unpaired) electrons. The second-order valence-electron chi connectivity index (χ2n) is 8.48. The summed E-state index contributed by atoms with van der Waals surface area (Å²) in [6.45, 7) is 0.728. The van der Waals surface area contributed by atoms with Crippen LogP contribution in [0, 0.1) is 0 Å². The first-order valence-corrected chi connectivity index (χ1v) is 12.9. The van der Waals surface area contributed by atoms with Crippen molar-refractivity contribution >= 4 is 76.6 Å². The number of hydrogen-bond donors (Lipinski definition) is 1. The predicted molar refractivity (Wildman–Crippen MR) is 152 cm³/mol. The minimum Gasteiger partial charge on any atom is -0.450 e. The molecule has 1 N–H and O–H groups in total. The van der Waals surface area contributed by atoms with E-state index in [1.54, 1.807) is 12.3 Å². The molecule has 0 saturated carbocycles. The maximum Gasteiger partial charge on any atom is 0.307 e. The molecule has 0 bridgehead atoms. The molecule has 36 heavy (non-hydrogen) atoms. The van der Waals surface area contributed by atoms with Gasteiger partial charge in [0.25, 0.3) is 0 Å². The minimum absolute atomic E-state index is 0.194. The second-order valence-corrected chi connectivity index (χ2v) is 10.3. The van der Waals surface area contributed by atoms with Gasteiger partial charge < -0.3 is 8.98 Å². The number of benzene rings is 4. The van der Waals surface area contributed by atoms with Crippen molar-refractivity contribution in [3.63, 3.8) is 0 Å². The van der Waals surface area contributed by atoms with Crippen LogP contribution in [0.15, 0.2) is 110 Å². The number of carbonyl (C=O) groups is 1. The SMILES string of the molecule is O=C(N/N=C\c1cn(Cc2cccc3ccccc23)c2ccccc12)c1cc2cc(Br)cc(Br)c2o1. The van der Waals surface area contributed by atoms with Crippen LogP contribution in [-0.2, 0) is 6.54 Å². The van der Waals surface area contributed by atoms with Crippen LogP contribution >= 0.6 is 31.9 Å². The van der Waals surface area contributed by atoms with Gasteiger partial charge in [-0.25, -0.2) is 5.43 Å². The number of carbonyl (C=O) groups excluding carboxylic acids is 1. The zero-order valence-electron chi connectivity index (χ0n) is 18.9. The largest absolute Gasteiger partial charge is 0.450 e. The van der Waals surface area contributed by atoms with E-state index in [9.17, 15) is 4.79 Å². The molecule has 1 amide bonds. The Bertz CT molecular complexity index is 1790. The lowest BCUT2D eigenvalue weighted by Crippen LogP contribution is -2.16. The highest BCUT2D eigenvalue weighted by Gasteiger charge is 2.14. The number of hydrazone groups is 1. The fraction of sp³-hybridized carbons (Fsp3) is 0.0345. The molecule has 7 heteroatoms. The van der Waals surface area contributed by atoms with Crippen LogP contribution in [0.2, 0.25) is 0 Å². The van der Waals surface area contributed by atoms with E-state index in [0.29, 0.717) is 5.58 Å². The Morgan fingerprint density at radius 3 is 2.58 bits per heavy atom. The molecular formula is C29H19Br2N3O2. The van der Waals surface area contributed by atoms with Gasteiger partial charge in [-0.2, -0.15) is 5.10 Å². The standard InChI is InChI=1S/C29H19Br2N3O2/c30-22-12-20-13-27(36-28(20)25(31)14-22)29(35)33-32-15-21-17-34(26-11-4-3-10-24(21)26)16-19-8-5-7-18-6-1-2-9-23(18)19/h1-15,17H,16H2,(H,33,35)/b32-15-. The van der Waals surface area contributed by atoms with E-state index in [4.69, 9.17) is 4.42 Å². The van der Waals surface area contributed by atoms with Gasteiger partial charge in [0, 0.05) is 39.1 Å². The maximum absolute atomic E-state index is 12.7. The Morgan fingerprint density at radius 1 is 0.917 bits per heavy atom. The van der Waals surface area contributed by atoms with Gasteiger partial charge in [-0.15, -0.1) is 0 Å². The average molecular weight is 601 g/mol. The molecule has 0 atom stereocenters. The maximum atomic E-state index is 12.7. The summed E-state index contributed by atoms with van der Waals surface area (Å²) >= 11 is 6.92. The number of amides is 1. The first kappa shape index (κ1) is 22.8. The van der Waals surface area contributed by atoms with Crippen molar-refractivity contribution in [2.24, 2.45) is 5.10 Å². The number of nitrogens with zero attached hydrogens (tertiary/aromatic N) is 2. The van der Waals surface area contributed by atoms with E-state index in [1.807, 2.05) is 24.3 Å². The molecule has 0 saturated heterocycles. The molecule has 4 aromatic carbocycles. The highest BCUT2D eigenvalue weighted by Crippen LogP contribution is 2.31. The smallest absolute Gasteiger partial charge is 0.307 e. The number of aromatic nitrogens is 1. The zero-order chi connectivity index (χ0) is 24.6. The van der Waals surface area contributed by atoms with Gasteiger partial charge in [0.05, 0.1) is 10.7 Å². The number of fused-ring (bicyclic) bond motifs is 3. The van der Waals surface area contributed by atoms with E-state index in [-0.39, 0.29) is 5.76 Å². The lowest BCUT2D eigenvalue weighted by Gasteiger charge is -2.09. The highest BCUT2D eigenvalue weighted by molar-refractivity contribution is 9.11. The summed E-state index contributed by atoms with van der Waals surface area (Å²) in [5.41, 5.74) is 6.47. The molecule has 2 aromatic heterocycles. The van der Waals surface area contributed by atoms with E-state index >= 15 is 0 Å². The van der Waals surface area contributed by atoms with Crippen LogP contribution in [-0.4, -0.2) is 16.7 Å². The van der Waals surface area contributed by atoms with Crippen LogP contribution in [0.4, 0.5) is 0 Å². The average Bonchev–Trinajstić information content (AvgIpc) is 3.47. The molecule has 0 aliphatic rings. The third kappa shape index (κ3) is 4.25. The lowest BCUT2D eigenvalue weighted by molar-refractivity contribution is 0.0929. The van der Waals surface area contributed by atoms with E-state index in [2.05, 4.69) is 108 Å². The van der Waals surface area contributed by atoms with Crippen molar-refractivity contribution < 1.29 is 9.21 Å². The summed E-state index contributed by atoms with van der Waals surface area (Å²) in [4.78, 5) is 12.7. The molecule has 6 rings (SSSR count). The fourth-order valence-corrected chi connectivity index (χ4v) is 5.87. The topological polar surface area (TPSA) is 59.5 Å². The number of halogens is 2. The molecule has 0 spiro atoms. The van der Waals surface area contributed by atoms with Crippen molar-refractivity contribution in [2.45, 2.75) is 6.54 Å². The van der Waals surface area contributed by atoms with Crippen molar-refractivity contribution in [3.05, 3.63) is 117 Å². The normalized spacial score (nSPS) is 11.7. The minimum atomic E-state index is -0.412. The molecule has 0 unspecified atom stereocenters. The first-order chi connectivity index (χ1) is 17.6. The summed E-state index contributed by atoms with van der Waals surface area (Å²) in [6.07, 6.45) is 3.74. The van der Waals surface area contributed by atoms with Crippen molar-refractivity contribution in [1.82, 2.24) is 9.99 Å². The van der Waals surface area contributed by atoms with Gasteiger partial charge >= 0.3 is 5.91 Å². The zero-order valence-corrected chi connectivity index (χ0v) is 22.1. The van der Waals surface area contributed by atoms with Crippen molar-refractivity contribution in [3.8, 4) is 0 Å². The van der Waals surface area contributed by atoms with Crippen LogP contribution in [0.3, 0.4) is 0 Å². The van der Waals surface area contributed by atoms with Crippen LogP contribution < -0.4 is 5.43 Å².